The molecular weight excluding hydrogens is 284 g/mol. The Labute approximate surface area is 129 Å². The second-order valence-electron chi connectivity index (χ2n) is 4.60. The molecule has 0 aliphatic heterocycles. The van der Waals surface area contributed by atoms with Crippen LogP contribution in [0.2, 0.25) is 0 Å². The van der Waals surface area contributed by atoms with Crippen LogP contribution in [0.3, 0.4) is 0 Å². The number of hydrogen-bond donors (Lipinski definition) is 1. The molecular formula is C17H20OS2. The molecule has 0 saturated heterocycles. The van der Waals surface area contributed by atoms with Crippen molar-refractivity contribution in [2.24, 2.45) is 0 Å². The van der Waals surface area contributed by atoms with Gasteiger partial charge in [-0.15, -0.1) is 0 Å². The van der Waals surface area contributed by atoms with E-state index in [9.17, 15) is 5.11 Å². The molecule has 2 aromatic rings. The number of aliphatic hydroxyl groups is 1. The van der Waals surface area contributed by atoms with E-state index in [4.69, 9.17) is 0 Å². The molecule has 1 unspecified atom stereocenters. The summed E-state index contributed by atoms with van der Waals surface area (Å²) in [6.07, 6.45) is 0. The van der Waals surface area contributed by atoms with Gasteiger partial charge in [0, 0.05) is 22.5 Å². The predicted octanol–water partition coefficient (Wildman–Crippen LogP) is 4.21. The average molecular weight is 304 g/mol. The van der Waals surface area contributed by atoms with E-state index in [2.05, 4.69) is 48.5 Å². The third-order valence-corrected chi connectivity index (χ3v) is 5.62. The van der Waals surface area contributed by atoms with Crippen LogP contribution in [-0.4, -0.2) is 22.7 Å². The highest BCUT2D eigenvalue weighted by Crippen LogP contribution is 2.22. The Morgan fingerprint density at radius 2 is 1.35 bits per heavy atom. The van der Waals surface area contributed by atoms with E-state index < -0.39 is 0 Å². The van der Waals surface area contributed by atoms with Gasteiger partial charge in [-0.3, -0.25) is 0 Å². The molecule has 1 nitrogen and oxygen atoms in total. The summed E-state index contributed by atoms with van der Waals surface area (Å²) in [4.78, 5) is 0. The summed E-state index contributed by atoms with van der Waals surface area (Å²) in [6.45, 7) is 0.249. The van der Waals surface area contributed by atoms with Crippen LogP contribution in [0.25, 0.3) is 0 Å². The van der Waals surface area contributed by atoms with Crippen molar-refractivity contribution in [3.8, 4) is 0 Å². The van der Waals surface area contributed by atoms with Gasteiger partial charge in [-0.2, -0.15) is 23.5 Å². The molecule has 0 fully saturated rings. The van der Waals surface area contributed by atoms with E-state index in [1.165, 1.54) is 11.1 Å². The van der Waals surface area contributed by atoms with Gasteiger partial charge in [0.2, 0.25) is 0 Å². The maximum Gasteiger partial charge on any atom is 0.0558 e. The third kappa shape index (κ3) is 5.61. The second kappa shape index (κ2) is 9.11. The molecule has 2 rings (SSSR count). The van der Waals surface area contributed by atoms with Gasteiger partial charge in [0.05, 0.1) is 6.61 Å². The molecule has 0 amide bonds. The average Bonchev–Trinajstić information content (AvgIpc) is 2.52. The van der Waals surface area contributed by atoms with Crippen molar-refractivity contribution in [1.29, 1.82) is 0 Å². The maximum absolute atomic E-state index is 9.47. The number of hydrogen-bond acceptors (Lipinski definition) is 3. The Kier molecular flexibility index (Phi) is 7.06. The fourth-order valence-corrected chi connectivity index (χ4v) is 4.14. The van der Waals surface area contributed by atoms with Crippen molar-refractivity contribution in [3.05, 3.63) is 71.8 Å². The van der Waals surface area contributed by atoms with Crippen LogP contribution in [0, 0.1) is 0 Å². The highest BCUT2D eigenvalue weighted by Gasteiger charge is 2.08. The molecule has 0 aromatic heterocycles. The Bertz CT molecular complexity index is 473. The lowest BCUT2D eigenvalue weighted by molar-refractivity contribution is 0.301. The van der Waals surface area contributed by atoms with Crippen LogP contribution in [0.5, 0.6) is 0 Å². The Balaban J connectivity index is 1.70. The summed E-state index contributed by atoms with van der Waals surface area (Å²) in [7, 11) is 0. The lowest BCUT2D eigenvalue weighted by Crippen LogP contribution is -2.12. The van der Waals surface area contributed by atoms with Crippen LogP contribution in [0.1, 0.15) is 11.1 Å². The number of benzene rings is 2. The highest BCUT2D eigenvalue weighted by atomic mass is 32.2. The standard InChI is InChI=1S/C17H20OS2/c18-11-17(20-13-16-9-5-2-6-10-16)14-19-12-15-7-3-1-4-8-15/h1-10,17-18H,11-14H2. The minimum absolute atomic E-state index is 0.249. The Morgan fingerprint density at radius 3 is 1.90 bits per heavy atom. The largest absolute Gasteiger partial charge is 0.395 e. The second-order valence-corrected chi connectivity index (χ2v) is 6.92. The van der Waals surface area contributed by atoms with E-state index in [1.54, 1.807) is 0 Å². The molecule has 0 bridgehead atoms. The van der Waals surface area contributed by atoms with E-state index in [1.807, 2.05) is 35.7 Å². The van der Waals surface area contributed by atoms with Crippen LogP contribution < -0.4 is 0 Å². The summed E-state index contributed by atoms with van der Waals surface area (Å²) >= 11 is 3.73. The summed E-state index contributed by atoms with van der Waals surface area (Å²) in [5.74, 6) is 2.98. The van der Waals surface area contributed by atoms with Gasteiger partial charge in [0.15, 0.2) is 0 Å². The zero-order valence-electron chi connectivity index (χ0n) is 11.4. The van der Waals surface area contributed by atoms with Gasteiger partial charge in [0.25, 0.3) is 0 Å². The first-order chi connectivity index (χ1) is 9.88. The van der Waals surface area contributed by atoms with Crippen molar-refractivity contribution >= 4 is 23.5 Å². The topological polar surface area (TPSA) is 20.2 Å². The van der Waals surface area contributed by atoms with E-state index in [-0.39, 0.29) is 6.61 Å². The third-order valence-electron chi connectivity index (χ3n) is 2.95. The highest BCUT2D eigenvalue weighted by molar-refractivity contribution is 8.02. The molecule has 106 valence electrons. The number of aliphatic hydroxyl groups excluding tert-OH is 1. The first-order valence-corrected chi connectivity index (χ1v) is 8.97. The van der Waals surface area contributed by atoms with Crippen molar-refractivity contribution in [2.45, 2.75) is 16.8 Å². The van der Waals surface area contributed by atoms with Crippen LogP contribution in [-0.2, 0) is 11.5 Å². The van der Waals surface area contributed by atoms with E-state index in [0.29, 0.717) is 5.25 Å². The zero-order valence-corrected chi connectivity index (χ0v) is 13.1. The summed E-state index contributed by atoms with van der Waals surface area (Å²) in [5, 5.41) is 9.78. The smallest absolute Gasteiger partial charge is 0.0558 e. The molecule has 0 aliphatic carbocycles. The molecule has 20 heavy (non-hydrogen) atoms. The fraction of sp³-hybridized carbons (Fsp3) is 0.294. The molecule has 1 N–H and O–H groups in total. The lowest BCUT2D eigenvalue weighted by atomic mass is 10.2. The molecule has 2 aromatic carbocycles. The lowest BCUT2D eigenvalue weighted by Gasteiger charge is -2.13. The Morgan fingerprint density at radius 1 is 0.800 bits per heavy atom. The van der Waals surface area contributed by atoms with Crippen molar-refractivity contribution in [1.82, 2.24) is 0 Å². The summed E-state index contributed by atoms with van der Waals surface area (Å²) in [6, 6.07) is 20.9. The van der Waals surface area contributed by atoms with Crippen molar-refractivity contribution in [2.75, 3.05) is 12.4 Å². The van der Waals surface area contributed by atoms with Gasteiger partial charge in [-0.1, -0.05) is 60.7 Å². The SMILES string of the molecule is OCC(CSCc1ccccc1)SCc1ccccc1. The first-order valence-electron chi connectivity index (χ1n) is 6.76. The van der Waals surface area contributed by atoms with Crippen molar-refractivity contribution in [3.63, 3.8) is 0 Å². The van der Waals surface area contributed by atoms with Crippen LogP contribution in [0.15, 0.2) is 60.7 Å². The maximum atomic E-state index is 9.47. The van der Waals surface area contributed by atoms with Crippen LogP contribution in [0.4, 0.5) is 0 Å². The minimum atomic E-state index is 0.249. The van der Waals surface area contributed by atoms with Crippen molar-refractivity contribution < 1.29 is 5.11 Å². The Hall–Kier alpha value is -0.900. The molecule has 0 aliphatic rings. The predicted molar refractivity (Wildman–Crippen MR) is 91.2 cm³/mol. The monoisotopic (exact) mass is 304 g/mol. The minimum Gasteiger partial charge on any atom is -0.395 e. The van der Waals surface area contributed by atoms with Crippen LogP contribution >= 0.6 is 23.5 Å². The fourth-order valence-electron chi connectivity index (χ4n) is 1.82. The van der Waals surface area contributed by atoms with E-state index in [0.717, 1.165) is 17.3 Å². The molecule has 0 radical (unpaired) electrons. The quantitative estimate of drug-likeness (QED) is 0.789. The molecule has 1 atom stereocenters. The van der Waals surface area contributed by atoms with Gasteiger partial charge in [-0.05, 0) is 11.1 Å². The summed E-state index contributed by atoms with van der Waals surface area (Å²) in [5.41, 5.74) is 2.67. The van der Waals surface area contributed by atoms with E-state index >= 15 is 0 Å². The molecule has 0 heterocycles. The van der Waals surface area contributed by atoms with Gasteiger partial charge < -0.3 is 5.11 Å². The van der Waals surface area contributed by atoms with Gasteiger partial charge in [-0.25, -0.2) is 0 Å². The first kappa shape index (κ1) is 15.5. The zero-order chi connectivity index (χ0) is 14.0. The molecule has 0 spiro atoms. The van der Waals surface area contributed by atoms with Gasteiger partial charge in [0.1, 0.15) is 0 Å². The molecule has 0 saturated carbocycles. The van der Waals surface area contributed by atoms with Gasteiger partial charge >= 0.3 is 0 Å². The molecule has 3 heteroatoms. The number of thioether (sulfide) groups is 2. The number of rotatable bonds is 8. The summed E-state index contributed by atoms with van der Waals surface area (Å²) < 4.78 is 0. The normalized spacial score (nSPS) is 12.2.